The Morgan fingerprint density at radius 3 is 2.45 bits per heavy atom. The fourth-order valence-corrected chi connectivity index (χ4v) is 2.71. The van der Waals surface area contributed by atoms with Crippen LogP contribution < -0.4 is 5.32 Å². The number of aromatic nitrogens is 2. The van der Waals surface area contributed by atoms with Gasteiger partial charge in [0.05, 0.1) is 6.54 Å². The second-order valence-corrected chi connectivity index (χ2v) is 5.81. The first-order valence-electron chi connectivity index (χ1n) is 7.28. The second kappa shape index (κ2) is 6.23. The van der Waals surface area contributed by atoms with E-state index in [4.69, 9.17) is 0 Å². The lowest BCUT2D eigenvalue weighted by atomic mass is 9.96. The molecule has 1 aromatic heterocycles. The molecule has 2 unspecified atom stereocenters. The van der Waals surface area contributed by atoms with Gasteiger partial charge in [-0.15, -0.1) is 0 Å². The van der Waals surface area contributed by atoms with Gasteiger partial charge in [-0.1, -0.05) is 12.1 Å². The zero-order valence-corrected chi connectivity index (χ0v) is 13.1. The standard InChI is InChI=1S/C17H25N3/c1-12-9-14(3)17(10-13(12)2)16(5)19-15(4)11-20-8-6-7-18-20/h6-10,15-16,19H,11H2,1-5H3. The van der Waals surface area contributed by atoms with Gasteiger partial charge in [0.25, 0.3) is 0 Å². The van der Waals surface area contributed by atoms with Crippen molar-refractivity contribution in [2.75, 3.05) is 0 Å². The zero-order chi connectivity index (χ0) is 14.7. The third-order valence-electron chi connectivity index (χ3n) is 3.90. The summed E-state index contributed by atoms with van der Waals surface area (Å²) in [5.74, 6) is 0. The summed E-state index contributed by atoms with van der Waals surface area (Å²) in [4.78, 5) is 0. The van der Waals surface area contributed by atoms with Crippen LogP contribution in [0.15, 0.2) is 30.6 Å². The zero-order valence-electron chi connectivity index (χ0n) is 13.1. The number of aryl methyl sites for hydroxylation is 3. The largest absolute Gasteiger partial charge is 0.306 e. The molecule has 0 radical (unpaired) electrons. The maximum absolute atomic E-state index is 4.26. The number of rotatable bonds is 5. The lowest BCUT2D eigenvalue weighted by Gasteiger charge is -2.23. The van der Waals surface area contributed by atoms with Gasteiger partial charge in [-0.05, 0) is 62.9 Å². The molecule has 0 spiro atoms. The number of hydrogen-bond donors (Lipinski definition) is 1. The molecule has 1 N–H and O–H groups in total. The highest BCUT2D eigenvalue weighted by Gasteiger charge is 2.13. The van der Waals surface area contributed by atoms with E-state index in [1.165, 1.54) is 22.3 Å². The van der Waals surface area contributed by atoms with Gasteiger partial charge in [0.2, 0.25) is 0 Å². The van der Waals surface area contributed by atoms with Crippen LogP contribution in [0, 0.1) is 20.8 Å². The molecule has 0 aliphatic carbocycles. The normalized spacial score (nSPS) is 14.2. The topological polar surface area (TPSA) is 29.9 Å². The highest BCUT2D eigenvalue weighted by molar-refractivity contribution is 5.38. The van der Waals surface area contributed by atoms with Crippen molar-refractivity contribution in [3.8, 4) is 0 Å². The highest BCUT2D eigenvalue weighted by atomic mass is 15.3. The van der Waals surface area contributed by atoms with Crippen LogP contribution in [0.4, 0.5) is 0 Å². The molecule has 0 aliphatic heterocycles. The SMILES string of the molecule is Cc1cc(C)c(C(C)NC(C)Cn2cccn2)cc1C. The summed E-state index contributed by atoms with van der Waals surface area (Å²) >= 11 is 0. The Balaban J connectivity index is 2.04. The van der Waals surface area contributed by atoms with Crippen molar-refractivity contribution in [2.24, 2.45) is 0 Å². The van der Waals surface area contributed by atoms with Crippen LogP contribution in [-0.4, -0.2) is 15.8 Å². The molecule has 3 heteroatoms. The van der Waals surface area contributed by atoms with Crippen LogP contribution in [0.25, 0.3) is 0 Å². The lowest BCUT2D eigenvalue weighted by Crippen LogP contribution is -2.33. The van der Waals surface area contributed by atoms with Gasteiger partial charge in [0.15, 0.2) is 0 Å². The summed E-state index contributed by atoms with van der Waals surface area (Å²) in [6, 6.07) is 7.28. The summed E-state index contributed by atoms with van der Waals surface area (Å²) in [5.41, 5.74) is 5.47. The van der Waals surface area contributed by atoms with Crippen LogP contribution in [0.5, 0.6) is 0 Å². The first-order chi connectivity index (χ1) is 9.47. The van der Waals surface area contributed by atoms with E-state index < -0.39 is 0 Å². The van der Waals surface area contributed by atoms with Gasteiger partial charge in [-0.2, -0.15) is 5.10 Å². The first kappa shape index (κ1) is 14.8. The van der Waals surface area contributed by atoms with Crippen molar-refractivity contribution in [2.45, 2.75) is 53.2 Å². The maximum atomic E-state index is 4.26. The Hall–Kier alpha value is -1.61. The smallest absolute Gasteiger partial charge is 0.0560 e. The molecule has 0 saturated heterocycles. The first-order valence-corrected chi connectivity index (χ1v) is 7.28. The Morgan fingerprint density at radius 2 is 1.80 bits per heavy atom. The molecule has 1 heterocycles. The van der Waals surface area contributed by atoms with Gasteiger partial charge < -0.3 is 5.32 Å². The fourth-order valence-electron chi connectivity index (χ4n) is 2.71. The molecule has 0 fully saturated rings. The van der Waals surface area contributed by atoms with Crippen molar-refractivity contribution in [3.63, 3.8) is 0 Å². The van der Waals surface area contributed by atoms with Crippen LogP contribution in [0.2, 0.25) is 0 Å². The van der Waals surface area contributed by atoms with Gasteiger partial charge in [0, 0.05) is 24.5 Å². The van der Waals surface area contributed by atoms with Crippen molar-refractivity contribution < 1.29 is 0 Å². The lowest BCUT2D eigenvalue weighted by molar-refractivity contribution is 0.412. The minimum Gasteiger partial charge on any atom is -0.306 e. The fraction of sp³-hybridized carbons (Fsp3) is 0.471. The molecular formula is C17H25N3. The van der Waals surface area contributed by atoms with E-state index in [2.05, 4.69) is 57.2 Å². The van der Waals surface area contributed by atoms with Crippen molar-refractivity contribution in [1.29, 1.82) is 0 Å². The van der Waals surface area contributed by atoms with Gasteiger partial charge in [-0.25, -0.2) is 0 Å². The van der Waals surface area contributed by atoms with Crippen LogP contribution in [-0.2, 0) is 6.54 Å². The summed E-state index contributed by atoms with van der Waals surface area (Å²) in [5, 5.41) is 7.92. The molecule has 0 amide bonds. The van der Waals surface area contributed by atoms with E-state index >= 15 is 0 Å². The number of hydrogen-bond acceptors (Lipinski definition) is 2. The summed E-state index contributed by atoms with van der Waals surface area (Å²) in [7, 11) is 0. The summed E-state index contributed by atoms with van der Waals surface area (Å²) in [6.07, 6.45) is 3.83. The van der Waals surface area contributed by atoms with Crippen molar-refractivity contribution >= 4 is 0 Å². The molecule has 3 nitrogen and oxygen atoms in total. The van der Waals surface area contributed by atoms with Crippen LogP contribution >= 0.6 is 0 Å². The average Bonchev–Trinajstić information content (AvgIpc) is 2.86. The molecule has 2 atom stereocenters. The van der Waals surface area contributed by atoms with Crippen molar-refractivity contribution in [1.82, 2.24) is 15.1 Å². The number of nitrogens with one attached hydrogen (secondary N) is 1. The van der Waals surface area contributed by atoms with Crippen LogP contribution in [0.1, 0.15) is 42.1 Å². The van der Waals surface area contributed by atoms with E-state index in [9.17, 15) is 0 Å². The molecule has 0 saturated carbocycles. The summed E-state index contributed by atoms with van der Waals surface area (Å²) in [6.45, 7) is 11.9. The molecular weight excluding hydrogens is 246 g/mol. The molecule has 1 aromatic carbocycles. The predicted molar refractivity (Wildman–Crippen MR) is 83.9 cm³/mol. The minimum absolute atomic E-state index is 0.347. The third-order valence-corrected chi connectivity index (χ3v) is 3.90. The Morgan fingerprint density at radius 1 is 1.10 bits per heavy atom. The molecule has 0 aliphatic rings. The molecule has 20 heavy (non-hydrogen) atoms. The Kier molecular flexibility index (Phi) is 4.61. The Labute approximate surface area is 122 Å². The highest BCUT2D eigenvalue weighted by Crippen LogP contribution is 2.22. The maximum Gasteiger partial charge on any atom is 0.0560 e. The van der Waals surface area contributed by atoms with Gasteiger partial charge in [-0.3, -0.25) is 4.68 Å². The number of nitrogens with zero attached hydrogens (tertiary/aromatic N) is 2. The van der Waals surface area contributed by atoms with E-state index in [0.717, 1.165) is 6.54 Å². The quantitative estimate of drug-likeness (QED) is 0.901. The molecule has 2 aromatic rings. The predicted octanol–water partition coefficient (Wildman–Crippen LogP) is 3.55. The minimum atomic E-state index is 0.347. The molecule has 108 valence electrons. The number of benzene rings is 1. The van der Waals surface area contributed by atoms with E-state index in [-0.39, 0.29) is 0 Å². The molecule has 2 rings (SSSR count). The van der Waals surface area contributed by atoms with Gasteiger partial charge in [0.1, 0.15) is 0 Å². The monoisotopic (exact) mass is 271 g/mol. The Bertz CT molecular complexity index is 558. The van der Waals surface area contributed by atoms with E-state index in [0.29, 0.717) is 12.1 Å². The average molecular weight is 271 g/mol. The van der Waals surface area contributed by atoms with Gasteiger partial charge >= 0.3 is 0 Å². The van der Waals surface area contributed by atoms with E-state index in [1.54, 1.807) is 0 Å². The summed E-state index contributed by atoms with van der Waals surface area (Å²) < 4.78 is 1.97. The van der Waals surface area contributed by atoms with E-state index in [1.807, 2.05) is 23.1 Å². The third kappa shape index (κ3) is 3.48. The second-order valence-electron chi connectivity index (χ2n) is 5.81. The van der Waals surface area contributed by atoms with Crippen LogP contribution in [0.3, 0.4) is 0 Å². The molecule has 0 bridgehead atoms. The van der Waals surface area contributed by atoms with Crippen molar-refractivity contribution in [3.05, 3.63) is 52.8 Å².